The second kappa shape index (κ2) is 6.78. The highest BCUT2D eigenvalue weighted by Gasteiger charge is 2.24. The molecule has 7 heteroatoms. The van der Waals surface area contributed by atoms with Crippen molar-refractivity contribution in [3.63, 3.8) is 0 Å². The minimum Gasteiger partial charge on any atom is -0.423 e. The van der Waals surface area contributed by atoms with E-state index in [0.29, 0.717) is 38.9 Å². The van der Waals surface area contributed by atoms with Crippen molar-refractivity contribution in [2.24, 2.45) is 0 Å². The zero-order chi connectivity index (χ0) is 16.4. The zero-order valence-corrected chi connectivity index (χ0v) is 13.7. The van der Waals surface area contributed by atoms with Crippen LogP contribution in [0.5, 0.6) is 0 Å². The van der Waals surface area contributed by atoms with Crippen molar-refractivity contribution in [2.45, 2.75) is 0 Å². The lowest BCUT2D eigenvalue weighted by molar-refractivity contribution is -0.136. The summed E-state index contributed by atoms with van der Waals surface area (Å²) in [5.41, 5.74) is 1.70. The number of amides is 1. The molecule has 0 aliphatic carbocycles. The van der Waals surface area contributed by atoms with E-state index in [4.69, 9.17) is 9.15 Å². The van der Waals surface area contributed by atoms with E-state index in [0.717, 1.165) is 37.3 Å². The van der Waals surface area contributed by atoms with Gasteiger partial charge in [0.15, 0.2) is 5.58 Å². The number of oxazole rings is 1. The van der Waals surface area contributed by atoms with Crippen molar-refractivity contribution < 1.29 is 13.9 Å². The van der Waals surface area contributed by atoms with E-state index in [1.807, 2.05) is 29.2 Å². The van der Waals surface area contributed by atoms with Crippen molar-refractivity contribution in [1.29, 1.82) is 0 Å². The number of nitrogens with zero attached hydrogens (tertiary/aromatic N) is 4. The van der Waals surface area contributed by atoms with Crippen LogP contribution in [0.3, 0.4) is 0 Å². The van der Waals surface area contributed by atoms with Gasteiger partial charge in [0.25, 0.3) is 6.01 Å². The van der Waals surface area contributed by atoms with Gasteiger partial charge in [0.2, 0.25) is 5.91 Å². The molecule has 0 saturated carbocycles. The first kappa shape index (κ1) is 15.4. The summed E-state index contributed by atoms with van der Waals surface area (Å²) in [4.78, 5) is 23.1. The maximum absolute atomic E-state index is 12.3. The number of ether oxygens (including phenoxy) is 1. The number of hydrogen-bond acceptors (Lipinski definition) is 6. The molecule has 1 amide bonds. The van der Waals surface area contributed by atoms with Gasteiger partial charge < -0.3 is 19.0 Å². The Bertz CT molecular complexity index is 670. The fourth-order valence-electron chi connectivity index (χ4n) is 3.20. The fourth-order valence-corrected chi connectivity index (χ4v) is 3.20. The molecular weight excluding hydrogens is 308 g/mol. The van der Waals surface area contributed by atoms with Crippen LogP contribution in [0.4, 0.5) is 6.01 Å². The summed E-state index contributed by atoms with van der Waals surface area (Å²) >= 11 is 0. The first-order valence-electron chi connectivity index (χ1n) is 8.48. The number of piperazine rings is 1. The van der Waals surface area contributed by atoms with Crippen LogP contribution >= 0.6 is 0 Å². The highest BCUT2D eigenvalue weighted by Crippen LogP contribution is 2.22. The van der Waals surface area contributed by atoms with Gasteiger partial charge >= 0.3 is 0 Å². The van der Waals surface area contributed by atoms with Gasteiger partial charge in [-0.25, -0.2) is 0 Å². The summed E-state index contributed by atoms with van der Waals surface area (Å²) in [6.45, 7) is 6.54. The summed E-state index contributed by atoms with van der Waals surface area (Å²) in [6, 6.07) is 8.48. The van der Waals surface area contributed by atoms with Crippen LogP contribution < -0.4 is 4.90 Å². The smallest absolute Gasteiger partial charge is 0.298 e. The summed E-state index contributed by atoms with van der Waals surface area (Å²) in [5, 5.41) is 0. The molecule has 0 N–H and O–H groups in total. The molecular formula is C17H22N4O3. The first-order chi connectivity index (χ1) is 11.8. The summed E-state index contributed by atoms with van der Waals surface area (Å²) in [7, 11) is 0. The van der Waals surface area contributed by atoms with E-state index < -0.39 is 0 Å². The van der Waals surface area contributed by atoms with Crippen molar-refractivity contribution in [2.75, 3.05) is 63.9 Å². The average molecular weight is 330 g/mol. The first-order valence-corrected chi connectivity index (χ1v) is 8.48. The lowest BCUT2D eigenvalue weighted by Crippen LogP contribution is -2.51. The number of rotatable bonds is 3. The van der Waals surface area contributed by atoms with Crippen LogP contribution in [-0.2, 0) is 9.53 Å². The number of fused-ring (bicyclic) bond motifs is 1. The quantitative estimate of drug-likeness (QED) is 0.830. The molecule has 0 bridgehead atoms. The molecule has 2 fully saturated rings. The standard InChI is InChI=1S/C17H22N4O3/c22-16(20-9-11-23-12-10-20)13-19-5-7-21(8-6-19)17-18-14-3-1-2-4-15(14)24-17/h1-4H,5-13H2. The number of hydrogen-bond donors (Lipinski definition) is 0. The molecule has 2 aliphatic rings. The molecule has 0 spiro atoms. The molecule has 128 valence electrons. The SMILES string of the molecule is O=C(CN1CCN(c2nc3ccccc3o2)CC1)N1CCOCC1. The molecule has 1 aromatic carbocycles. The summed E-state index contributed by atoms with van der Waals surface area (Å²) < 4.78 is 11.1. The van der Waals surface area contributed by atoms with Crippen molar-refractivity contribution in [3.8, 4) is 0 Å². The minimum absolute atomic E-state index is 0.202. The maximum Gasteiger partial charge on any atom is 0.298 e. The third kappa shape index (κ3) is 3.22. The molecule has 1 aromatic heterocycles. The molecule has 2 saturated heterocycles. The number of para-hydroxylation sites is 2. The Balaban J connectivity index is 1.32. The Morgan fingerprint density at radius 2 is 1.79 bits per heavy atom. The third-order valence-corrected chi connectivity index (χ3v) is 4.65. The van der Waals surface area contributed by atoms with Crippen LogP contribution in [0, 0.1) is 0 Å². The predicted octanol–water partition coefficient (Wildman–Crippen LogP) is 0.809. The van der Waals surface area contributed by atoms with E-state index in [9.17, 15) is 4.79 Å². The van der Waals surface area contributed by atoms with Crippen LogP contribution in [0.2, 0.25) is 0 Å². The second-order valence-corrected chi connectivity index (χ2v) is 6.22. The van der Waals surface area contributed by atoms with Gasteiger partial charge in [-0.3, -0.25) is 9.69 Å². The van der Waals surface area contributed by atoms with Crippen LogP contribution in [0.1, 0.15) is 0 Å². The van der Waals surface area contributed by atoms with Crippen molar-refractivity contribution >= 4 is 23.0 Å². The molecule has 24 heavy (non-hydrogen) atoms. The van der Waals surface area contributed by atoms with E-state index in [1.165, 1.54) is 0 Å². The molecule has 7 nitrogen and oxygen atoms in total. The molecule has 2 aliphatic heterocycles. The van der Waals surface area contributed by atoms with Crippen LogP contribution in [0.15, 0.2) is 28.7 Å². The van der Waals surface area contributed by atoms with Gasteiger partial charge in [-0.15, -0.1) is 0 Å². The molecule has 2 aromatic rings. The summed E-state index contributed by atoms with van der Waals surface area (Å²) in [5.74, 6) is 0.202. The van der Waals surface area contributed by atoms with Crippen molar-refractivity contribution in [3.05, 3.63) is 24.3 Å². The fraction of sp³-hybridized carbons (Fsp3) is 0.529. The van der Waals surface area contributed by atoms with Crippen molar-refractivity contribution in [1.82, 2.24) is 14.8 Å². The lowest BCUT2D eigenvalue weighted by atomic mass is 10.3. The second-order valence-electron chi connectivity index (χ2n) is 6.22. The molecule has 3 heterocycles. The number of morpholine rings is 1. The van der Waals surface area contributed by atoms with Gasteiger partial charge in [-0.1, -0.05) is 12.1 Å². The van der Waals surface area contributed by atoms with Crippen LogP contribution in [-0.4, -0.2) is 79.7 Å². The van der Waals surface area contributed by atoms with Gasteiger partial charge in [0, 0.05) is 39.3 Å². The topological polar surface area (TPSA) is 62.1 Å². The Labute approximate surface area is 140 Å². The Kier molecular flexibility index (Phi) is 4.36. The predicted molar refractivity (Wildman–Crippen MR) is 90.1 cm³/mol. The highest BCUT2D eigenvalue weighted by atomic mass is 16.5. The number of anilines is 1. The lowest BCUT2D eigenvalue weighted by Gasteiger charge is -2.35. The Morgan fingerprint density at radius 1 is 1.04 bits per heavy atom. The number of carbonyl (C=O) groups excluding carboxylic acids is 1. The largest absolute Gasteiger partial charge is 0.423 e. The monoisotopic (exact) mass is 330 g/mol. The summed E-state index contributed by atoms with van der Waals surface area (Å²) in [6.07, 6.45) is 0. The molecule has 0 radical (unpaired) electrons. The normalized spacial score (nSPS) is 19.8. The minimum atomic E-state index is 0.202. The molecule has 4 rings (SSSR count). The van der Waals surface area contributed by atoms with Gasteiger partial charge in [0.05, 0.1) is 19.8 Å². The third-order valence-electron chi connectivity index (χ3n) is 4.65. The average Bonchev–Trinajstić information content (AvgIpc) is 3.07. The maximum atomic E-state index is 12.3. The number of benzene rings is 1. The van der Waals surface area contributed by atoms with Gasteiger partial charge in [-0.2, -0.15) is 4.98 Å². The number of aromatic nitrogens is 1. The molecule has 0 atom stereocenters. The van der Waals surface area contributed by atoms with E-state index in [2.05, 4.69) is 14.8 Å². The van der Waals surface area contributed by atoms with E-state index in [-0.39, 0.29) is 5.91 Å². The Morgan fingerprint density at radius 3 is 2.54 bits per heavy atom. The number of carbonyl (C=O) groups is 1. The zero-order valence-electron chi connectivity index (χ0n) is 13.7. The van der Waals surface area contributed by atoms with E-state index in [1.54, 1.807) is 0 Å². The van der Waals surface area contributed by atoms with E-state index >= 15 is 0 Å². The van der Waals surface area contributed by atoms with Gasteiger partial charge in [-0.05, 0) is 12.1 Å². The Hall–Kier alpha value is -2.12. The van der Waals surface area contributed by atoms with Gasteiger partial charge in [0.1, 0.15) is 5.52 Å². The highest BCUT2D eigenvalue weighted by molar-refractivity contribution is 5.78. The molecule has 0 unspecified atom stereocenters. The van der Waals surface area contributed by atoms with Crippen LogP contribution in [0.25, 0.3) is 11.1 Å².